The quantitative estimate of drug-likeness (QED) is 0.867. The number of carbonyl (C=O) groups excluding carboxylic acids is 1. The summed E-state index contributed by atoms with van der Waals surface area (Å²) >= 11 is 0. The normalized spacial score (nSPS) is 19.4. The lowest BCUT2D eigenvalue weighted by Crippen LogP contribution is -2.28. The molecule has 3 heterocycles. The minimum Gasteiger partial charge on any atom is -0.361 e. The maximum absolute atomic E-state index is 12.2. The zero-order chi connectivity index (χ0) is 12.5. The zero-order valence-corrected chi connectivity index (χ0v) is 10.1. The average Bonchev–Trinajstić information content (AvgIpc) is 3.09. The zero-order valence-electron chi connectivity index (χ0n) is 10.1. The first kappa shape index (κ1) is 11.0. The van der Waals surface area contributed by atoms with Crippen LogP contribution in [0.3, 0.4) is 0 Å². The first-order chi connectivity index (χ1) is 8.74. The number of aryl methyl sites for hydroxylation is 1. The second-order valence-electron chi connectivity index (χ2n) is 4.57. The van der Waals surface area contributed by atoms with E-state index in [1.165, 1.54) is 0 Å². The minimum absolute atomic E-state index is 0.0612. The number of carbonyl (C=O) groups is 1. The van der Waals surface area contributed by atoms with Gasteiger partial charge in [0, 0.05) is 37.0 Å². The Kier molecular flexibility index (Phi) is 2.62. The highest BCUT2D eigenvalue weighted by Crippen LogP contribution is 2.26. The number of aromatic nitrogens is 3. The molecule has 2 aromatic heterocycles. The van der Waals surface area contributed by atoms with Crippen molar-refractivity contribution in [3.63, 3.8) is 0 Å². The van der Waals surface area contributed by atoms with Crippen LogP contribution < -0.4 is 0 Å². The summed E-state index contributed by atoms with van der Waals surface area (Å²) in [6.45, 7) is 3.22. The molecule has 94 valence electrons. The number of aromatic amines is 1. The molecule has 1 atom stereocenters. The molecule has 3 rings (SSSR count). The number of nitrogens with zero attached hydrogens (tertiary/aromatic N) is 3. The van der Waals surface area contributed by atoms with Crippen LogP contribution in [0, 0.1) is 6.92 Å². The van der Waals surface area contributed by atoms with Crippen LogP contribution in [0.2, 0.25) is 0 Å². The van der Waals surface area contributed by atoms with Crippen LogP contribution in [-0.4, -0.2) is 39.3 Å². The van der Waals surface area contributed by atoms with Gasteiger partial charge in [0.25, 0.3) is 5.91 Å². The summed E-state index contributed by atoms with van der Waals surface area (Å²) in [5.74, 6) is 0.931. The molecular weight excluding hydrogens is 232 g/mol. The van der Waals surface area contributed by atoms with Gasteiger partial charge in [-0.2, -0.15) is 5.10 Å². The molecule has 0 aliphatic carbocycles. The molecule has 0 spiro atoms. The van der Waals surface area contributed by atoms with Gasteiger partial charge in [-0.3, -0.25) is 9.89 Å². The van der Waals surface area contributed by atoms with Crippen molar-refractivity contribution in [3.8, 4) is 0 Å². The van der Waals surface area contributed by atoms with Gasteiger partial charge in [-0.1, -0.05) is 5.16 Å². The Morgan fingerprint density at radius 3 is 3.17 bits per heavy atom. The molecule has 6 nitrogen and oxygen atoms in total. The topological polar surface area (TPSA) is 75.0 Å². The van der Waals surface area contributed by atoms with Gasteiger partial charge in [-0.05, 0) is 19.4 Å². The summed E-state index contributed by atoms with van der Waals surface area (Å²) in [6, 6.07) is 3.63. The Balaban J connectivity index is 1.70. The summed E-state index contributed by atoms with van der Waals surface area (Å²) < 4.78 is 4.93. The molecule has 18 heavy (non-hydrogen) atoms. The fourth-order valence-electron chi connectivity index (χ4n) is 2.32. The summed E-state index contributed by atoms with van der Waals surface area (Å²) in [4.78, 5) is 14.0. The van der Waals surface area contributed by atoms with Gasteiger partial charge < -0.3 is 9.42 Å². The summed E-state index contributed by atoms with van der Waals surface area (Å²) in [6.07, 6.45) is 2.69. The van der Waals surface area contributed by atoms with Gasteiger partial charge in [-0.25, -0.2) is 0 Å². The Morgan fingerprint density at radius 2 is 2.50 bits per heavy atom. The highest BCUT2D eigenvalue weighted by Gasteiger charge is 2.29. The molecule has 0 bridgehead atoms. The third kappa shape index (κ3) is 1.90. The molecule has 1 fully saturated rings. The van der Waals surface area contributed by atoms with E-state index < -0.39 is 0 Å². The van der Waals surface area contributed by atoms with E-state index in [-0.39, 0.29) is 5.91 Å². The lowest BCUT2D eigenvalue weighted by Gasteiger charge is -2.14. The Hall–Kier alpha value is -2.11. The van der Waals surface area contributed by atoms with Crippen molar-refractivity contribution < 1.29 is 9.32 Å². The smallest absolute Gasteiger partial charge is 0.276 e. The van der Waals surface area contributed by atoms with Crippen LogP contribution in [0.5, 0.6) is 0 Å². The van der Waals surface area contributed by atoms with E-state index in [0.29, 0.717) is 23.9 Å². The van der Waals surface area contributed by atoms with E-state index in [0.717, 1.165) is 18.7 Å². The van der Waals surface area contributed by atoms with Gasteiger partial charge in [0.2, 0.25) is 0 Å². The first-order valence-corrected chi connectivity index (χ1v) is 5.96. The van der Waals surface area contributed by atoms with Crippen molar-refractivity contribution in [2.75, 3.05) is 13.1 Å². The number of H-pyrrole nitrogens is 1. The third-order valence-corrected chi connectivity index (χ3v) is 3.28. The molecule has 2 aromatic rings. The van der Waals surface area contributed by atoms with Crippen molar-refractivity contribution in [2.24, 2.45) is 0 Å². The van der Waals surface area contributed by atoms with Gasteiger partial charge in [0.05, 0.1) is 0 Å². The van der Waals surface area contributed by atoms with Crippen LogP contribution >= 0.6 is 0 Å². The number of likely N-dealkylation sites (tertiary alicyclic amines) is 1. The third-order valence-electron chi connectivity index (χ3n) is 3.28. The predicted molar refractivity (Wildman–Crippen MR) is 63.1 cm³/mol. The lowest BCUT2D eigenvalue weighted by molar-refractivity contribution is 0.0780. The molecule has 1 aliphatic rings. The molecule has 1 aliphatic heterocycles. The summed E-state index contributed by atoms with van der Waals surface area (Å²) in [5, 5.41) is 10.7. The highest BCUT2D eigenvalue weighted by atomic mass is 16.5. The first-order valence-electron chi connectivity index (χ1n) is 5.96. The number of hydrogen-bond acceptors (Lipinski definition) is 4. The molecule has 0 saturated carbocycles. The molecule has 1 amide bonds. The average molecular weight is 246 g/mol. The Labute approximate surface area is 104 Å². The molecule has 1 N–H and O–H groups in total. The van der Waals surface area contributed by atoms with Crippen molar-refractivity contribution in [3.05, 3.63) is 35.5 Å². The fourth-order valence-corrected chi connectivity index (χ4v) is 2.32. The van der Waals surface area contributed by atoms with Crippen LogP contribution in [0.4, 0.5) is 0 Å². The van der Waals surface area contributed by atoms with E-state index in [1.54, 1.807) is 19.2 Å². The second kappa shape index (κ2) is 4.29. The standard InChI is InChI=1S/C12H14N4O2/c1-8-6-11(15-18-8)12(17)16-5-3-9(7-16)10-2-4-13-14-10/h2,4,6,9H,3,5,7H2,1H3,(H,13,14)/t9-/m1/s1. The van der Waals surface area contributed by atoms with Crippen LogP contribution in [0.25, 0.3) is 0 Å². The van der Waals surface area contributed by atoms with E-state index >= 15 is 0 Å². The van der Waals surface area contributed by atoms with Crippen LogP contribution in [-0.2, 0) is 0 Å². The van der Waals surface area contributed by atoms with E-state index in [1.807, 2.05) is 11.0 Å². The Morgan fingerprint density at radius 1 is 1.61 bits per heavy atom. The monoisotopic (exact) mass is 246 g/mol. The predicted octanol–water partition coefficient (Wildman–Crippen LogP) is 1.34. The highest BCUT2D eigenvalue weighted by molar-refractivity contribution is 5.92. The maximum Gasteiger partial charge on any atom is 0.276 e. The number of nitrogens with one attached hydrogen (secondary N) is 1. The molecule has 0 radical (unpaired) electrons. The summed E-state index contributed by atoms with van der Waals surface area (Å²) in [5.41, 5.74) is 1.47. The minimum atomic E-state index is -0.0612. The fraction of sp³-hybridized carbons (Fsp3) is 0.417. The van der Waals surface area contributed by atoms with Crippen LogP contribution in [0.1, 0.15) is 34.3 Å². The van der Waals surface area contributed by atoms with E-state index in [9.17, 15) is 4.79 Å². The van der Waals surface area contributed by atoms with Gasteiger partial charge in [0.1, 0.15) is 5.76 Å². The largest absolute Gasteiger partial charge is 0.361 e. The van der Waals surface area contributed by atoms with Gasteiger partial charge in [0.15, 0.2) is 5.69 Å². The van der Waals surface area contributed by atoms with Crippen molar-refractivity contribution in [2.45, 2.75) is 19.3 Å². The molecule has 1 saturated heterocycles. The second-order valence-corrected chi connectivity index (χ2v) is 4.57. The number of hydrogen-bond donors (Lipinski definition) is 1. The SMILES string of the molecule is Cc1cc(C(=O)N2CC[C@@H](c3ccn[nH]3)C2)no1. The summed E-state index contributed by atoms with van der Waals surface area (Å²) in [7, 11) is 0. The van der Waals surface area contributed by atoms with Crippen LogP contribution in [0.15, 0.2) is 22.9 Å². The molecule has 6 heteroatoms. The van der Waals surface area contributed by atoms with E-state index in [2.05, 4.69) is 15.4 Å². The number of rotatable bonds is 2. The van der Waals surface area contributed by atoms with Crippen molar-refractivity contribution in [1.29, 1.82) is 0 Å². The van der Waals surface area contributed by atoms with Gasteiger partial charge in [-0.15, -0.1) is 0 Å². The van der Waals surface area contributed by atoms with Gasteiger partial charge >= 0.3 is 0 Å². The Bertz CT molecular complexity index is 546. The molecule has 0 unspecified atom stereocenters. The number of amides is 1. The van der Waals surface area contributed by atoms with Crippen molar-refractivity contribution in [1.82, 2.24) is 20.3 Å². The maximum atomic E-state index is 12.2. The molecular formula is C12H14N4O2. The lowest BCUT2D eigenvalue weighted by atomic mass is 10.1. The van der Waals surface area contributed by atoms with E-state index in [4.69, 9.17) is 4.52 Å². The van der Waals surface area contributed by atoms with Crippen molar-refractivity contribution >= 4 is 5.91 Å². The molecule has 0 aromatic carbocycles.